The maximum atomic E-state index is 12.4. The molecule has 3 rings (SSSR count). The number of nitrogens with one attached hydrogen (secondary N) is 2. The molecule has 2 aromatic carbocycles. The van der Waals surface area contributed by atoms with Crippen molar-refractivity contribution in [3.05, 3.63) is 78.9 Å². The van der Waals surface area contributed by atoms with Gasteiger partial charge in [-0.2, -0.15) is 0 Å². The van der Waals surface area contributed by atoms with E-state index in [0.717, 1.165) is 4.57 Å². The fourth-order valence-corrected chi connectivity index (χ4v) is 2.88. The summed E-state index contributed by atoms with van der Waals surface area (Å²) in [6.07, 6.45) is 0. The Hall–Kier alpha value is -2.57. The quantitative estimate of drug-likeness (QED) is 0.731. The summed E-state index contributed by atoms with van der Waals surface area (Å²) >= 11 is 11.9. The highest BCUT2D eigenvalue weighted by atomic mass is 35.5. The summed E-state index contributed by atoms with van der Waals surface area (Å²) in [7, 11) is 0. The van der Waals surface area contributed by atoms with Crippen LogP contribution in [0.25, 0.3) is 10.9 Å². The van der Waals surface area contributed by atoms with Gasteiger partial charge in [-0.25, -0.2) is 4.79 Å². The third-order valence-corrected chi connectivity index (χ3v) is 4.27. The number of fused-ring (bicyclic) bond motifs is 1. The summed E-state index contributed by atoms with van der Waals surface area (Å²) in [4.78, 5) is 39.1. The van der Waals surface area contributed by atoms with Gasteiger partial charge < -0.3 is 10.3 Å². The molecule has 2 N–H and O–H groups in total. The Labute approximate surface area is 152 Å². The predicted octanol–water partition coefficient (Wildman–Crippen LogP) is 2.31. The van der Waals surface area contributed by atoms with E-state index in [1.165, 1.54) is 0 Å². The number of rotatable bonds is 4. The normalized spacial score (nSPS) is 10.8. The van der Waals surface area contributed by atoms with Gasteiger partial charge in [-0.3, -0.25) is 14.2 Å². The van der Waals surface area contributed by atoms with Crippen molar-refractivity contribution in [1.29, 1.82) is 0 Å². The molecule has 0 aliphatic rings. The Morgan fingerprint density at radius 3 is 2.64 bits per heavy atom. The molecule has 0 saturated heterocycles. The molecule has 0 aliphatic heterocycles. The van der Waals surface area contributed by atoms with Crippen molar-refractivity contribution in [1.82, 2.24) is 14.9 Å². The molecule has 0 bridgehead atoms. The van der Waals surface area contributed by atoms with Gasteiger partial charge in [0, 0.05) is 16.6 Å². The minimum Gasteiger partial charge on any atom is -0.350 e. The minimum absolute atomic E-state index is 0.162. The molecule has 0 aliphatic carbocycles. The number of para-hydroxylation sites is 1. The summed E-state index contributed by atoms with van der Waals surface area (Å²) in [6.45, 7) is -0.223. The number of carbonyl (C=O) groups is 1. The number of amides is 1. The second-order valence-corrected chi connectivity index (χ2v) is 6.22. The first kappa shape index (κ1) is 17.3. The summed E-state index contributed by atoms with van der Waals surface area (Å²) < 4.78 is 0.862. The lowest BCUT2D eigenvalue weighted by Crippen LogP contribution is -2.40. The van der Waals surface area contributed by atoms with Crippen LogP contribution in [0.4, 0.5) is 0 Å². The minimum atomic E-state index is -0.636. The first-order valence-electron chi connectivity index (χ1n) is 7.38. The second-order valence-electron chi connectivity index (χ2n) is 5.38. The van der Waals surface area contributed by atoms with E-state index in [-0.39, 0.29) is 13.1 Å². The zero-order valence-corrected chi connectivity index (χ0v) is 14.4. The molecule has 0 radical (unpaired) electrons. The number of nitrogens with zero attached hydrogens (tertiary/aromatic N) is 1. The third-order valence-electron chi connectivity index (χ3n) is 3.68. The van der Waals surface area contributed by atoms with Crippen molar-refractivity contribution in [2.24, 2.45) is 0 Å². The molecule has 6 nitrogen and oxygen atoms in total. The van der Waals surface area contributed by atoms with Crippen LogP contribution in [-0.2, 0) is 17.9 Å². The maximum absolute atomic E-state index is 12.4. The molecule has 0 fully saturated rings. The molecule has 25 heavy (non-hydrogen) atoms. The Bertz CT molecular complexity index is 1070. The molecule has 0 atom stereocenters. The highest BCUT2D eigenvalue weighted by Crippen LogP contribution is 2.20. The van der Waals surface area contributed by atoms with E-state index in [4.69, 9.17) is 23.2 Å². The summed E-state index contributed by atoms with van der Waals surface area (Å²) in [6, 6.07) is 11.6. The average Bonchev–Trinajstić information content (AvgIpc) is 2.58. The molecule has 3 aromatic rings. The van der Waals surface area contributed by atoms with Gasteiger partial charge in [-0.05, 0) is 29.8 Å². The molecule has 0 saturated carbocycles. The van der Waals surface area contributed by atoms with Gasteiger partial charge in [0.15, 0.2) is 0 Å². The largest absolute Gasteiger partial charge is 0.350 e. The van der Waals surface area contributed by atoms with Crippen LogP contribution >= 0.6 is 23.2 Å². The van der Waals surface area contributed by atoms with E-state index < -0.39 is 17.2 Å². The monoisotopic (exact) mass is 377 g/mol. The Morgan fingerprint density at radius 2 is 1.88 bits per heavy atom. The summed E-state index contributed by atoms with van der Waals surface area (Å²) in [5.41, 5.74) is -0.0383. The van der Waals surface area contributed by atoms with Gasteiger partial charge in [0.1, 0.15) is 6.54 Å². The van der Waals surface area contributed by atoms with Crippen LogP contribution < -0.4 is 16.6 Å². The Balaban J connectivity index is 1.78. The molecule has 0 unspecified atom stereocenters. The number of halogens is 2. The standard InChI is InChI=1S/C17H13Cl2N3O3/c18-11-6-5-10(13(19)7-11)8-20-15(23)9-22-16(24)12-3-1-2-4-14(12)21-17(22)25/h1-7H,8-9H2,(H,20,23)(H,21,25). The van der Waals surface area contributed by atoms with Crippen LogP contribution in [0.5, 0.6) is 0 Å². The van der Waals surface area contributed by atoms with E-state index in [9.17, 15) is 14.4 Å². The fourth-order valence-electron chi connectivity index (χ4n) is 2.40. The number of benzene rings is 2. The SMILES string of the molecule is O=C(Cn1c(=O)[nH]c2ccccc2c1=O)NCc1ccc(Cl)cc1Cl. The number of carbonyl (C=O) groups excluding carboxylic acids is 1. The van der Waals surface area contributed by atoms with E-state index in [0.29, 0.717) is 26.5 Å². The van der Waals surface area contributed by atoms with Crippen LogP contribution in [0.15, 0.2) is 52.1 Å². The molecule has 0 spiro atoms. The van der Waals surface area contributed by atoms with Gasteiger partial charge in [0.05, 0.1) is 10.9 Å². The molecular formula is C17H13Cl2N3O3. The van der Waals surface area contributed by atoms with E-state index in [1.54, 1.807) is 42.5 Å². The maximum Gasteiger partial charge on any atom is 0.329 e. The van der Waals surface area contributed by atoms with Crippen molar-refractivity contribution >= 4 is 40.0 Å². The van der Waals surface area contributed by atoms with Crippen LogP contribution in [0, 0.1) is 0 Å². The van der Waals surface area contributed by atoms with Gasteiger partial charge in [0.2, 0.25) is 5.91 Å². The number of aromatic amines is 1. The number of hydrogen-bond donors (Lipinski definition) is 2. The van der Waals surface area contributed by atoms with Crippen LogP contribution in [-0.4, -0.2) is 15.5 Å². The summed E-state index contributed by atoms with van der Waals surface area (Å²) in [5, 5.41) is 3.89. The van der Waals surface area contributed by atoms with E-state index in [1.807, 2.05) is 0 Å². The van der Waals surface area contributed by atoms with Crippen LogP contribution in [0.2, 0.25) is 10.0 Å². The molecule has 8 heteroatoms. The van der Waals surface area contributed by atoms with Crippen LogP contribution in [0.3, 0.4) is 0 Å². The fraction of sp³-hybridized carbons (Fsp3) is 0.118. The topological polar surface area (TPSA) is 84.0 Å². The average molecular weight is 378 g/mol. The highest BCUT2D eigenvalue weighted by molar-refractivity contribution is 6.35. The second kappa shape index (κ2) is 7.13. The lowest BCUT2D eigenvalue weighted by Gasteiger charge is -2.09. The molecular weight excluding hydrogens is 365 g/mol. The predicted molar refractivity (Wildman–Crippen MR) is 97.1 cm³/mol. The van der Waals surface area contributed by atoms with Crippen molar-refractivity contribution in [3.8, 4) is 0 Å². The van der Waals surface area contributed by atoms with Gasteiger partial charge in [-0.15, -0.1) is 0 Å². The van der Waals surface area contributed by atoms with E-state index >= 15 is 0 Å². The molecule has 1 heterocycles. The van der Waals surface area contributed by atoms with Crippen molar-refractivity contribution in [2.75, 3.05) is 0 Å². The highest BCUT2D eigenvalue weighted by Gasteiger charge is 2.11. The number of aromatic nitrogens is 2. The molecule has 1 amide bonds. The lowest BCUT2D eigenvalue weighted by atomic mass is 10.2. The molecule has 1 aromatic heterocycles. The van der Waals surface area contributed by atoms with Gasteiger partial charge in [-0.1, -0.05) is 41.4 Å². The Morgan fingerprint density at radius 1 is 1.12 bits per heavy atom. The Kier molecular flexibility index (Phi) is 4.92. The first-order chi connectivity index (χ1) is 12.0. The number of hydrogen-bond acceptors (Lipinski definition) is 3. The summed E-state index contributed by atoms with van der Waals surface area (Å²) in [5.74, 6) is -0.478. The van der Waals surface area contributed by atoms with Crippen molar-refractivity contribution in [2.45, 2.75) is 13.1 Å². The first-order valence-corrected chi connectivity index (χ1v) is 8.14. The number of H-pyrrole nitrogens is 1. The lowest BCUT2D eigenvalue weighted by molar-refractivity contribution is -0.121. The van der Waals surface area contributed by atoms with Gasteiger partial charge in [0.25, 0.3) is 5.56 Å². The zero-order chi connectivity index (χ0) is 18.0. The third kappa shape index (κ3) is 3.75. The smallest absolute Gasteiger partial charge is 0.329 e. The van der Waals surface area contributed by atoms with Crippen LogP contribution in [0.1, 0.15) is 5.56 Å². The van der Waals surface area contributed by atoms with Gasteiger partial charge >= 0.3 is 5.69 Å². The van der Waals surface area contributed by atoms with Crippen molar-refractivity contribution in [3.63, 3.8) is 0 Å². The van der Waals surface area contributed by atoms with Crippen molar-refractivity contribution < 1.29 is 4.79 Å². The molecule has 128 valence electrons. The van der Waals surface area contributed by atoms with E-state index in [2.05, 4.69) is 10.3 Å². The zero-order valence-electron chi connectivity index (χ0n) is 12.9.